The first-order valence-electron chi connectivity index (χ1n) is 28.1. The van der Waals surface area contributed by atoms with Gasteiger partial charge >= 0.3 is 5.97 Å². The molecule has 1 aliphatic rings. The molecule has 0 bridgehead atoms. The summed E-state index contributed by atoms with van der Waals surface area (Å²) in [4.78, 5) is 91.3. The molecule has 1 amide bonds. The van der Waals surface area contributed by atoms with E-state index in [-0.39, 0.29) is 41.8 Å². The van der Waals surface area contributed by atoms with Gasteiger partial charge in [-0.2, -0.15) is 0 Å². The van der Waals surface area contributed by atoms with Crippen LogP contribution in [0.15, 0.2) is 132 Å². The van der Waals surface area contributed by atoms with Gasteiger partial charge in [0.05, 0.1) is 64.5 Å². The summed E-state index contributed by atoms with van der Waals surface area (Å²) >= 11 is 4.24. The fraction of sp³-hybridized carbons (Fsp3) is 0.322. The number of anilines is 4. The monoisotopic (exact) mass is 1380 g/mol. The highest BCUT2D eigenvalue weighted by molar-refractivity contribution is 15.0. The highest BCUT2D eigenvalue weighted by atomic mass is 128. The van der Waals surface area contributed by atoms with Gasteiger partial charge in [-0.15, -0.1) is 0 Å². The number of hydrogen-bond donors (Lipinski definition) is 7. The second kappa shape index (κ2) is 30.0. The SMILES string of the molecule is CCOC(=O)CCCNc1cccc2nc([C@H](CC)Nc3ncnc4c3ncn4C3CCCCO3)n(-c3ccccc3)c(=O)c12.CC[C@H](Nc1ncnc2nc[nH]c12)c1nc2cccc(NCCCC(=O)NO)c2c(=O)n1-c1ccccc1.II. The largest absolute Gasteiger partial charge is 0.466 e. The third-order valence-electron chi connectivity index (χ3n) is 14.2. The lowest BCUT2D eigenvalue weighted by Gasteiger charge is -2.24. The van der Waals surface area contributed by atoms with Crippen molar-refractivity contribution in [1.82, 2.24) is 64.0 Å². The molecule has 0 radical (unpaired) electrons. The molecule has 7 N–H and O–H groups in total. The number of hydrogen-bond acceptors (Lipinski definition) is 19. The van der Waals surface area contributed by atoms with Crippen molar-refractivity contribution in [2.45, 2.75) is 96.9 Å². The van der Waals surface area contributed by atoms with E-state index in [9.17, 15) is 19.2 Å². The molecule has 4 aromatic carbocycles. The average molecular weight is 1380 g/mol. The second-order valence-electron chi connectivity index (χ2n) is 19.6. The lowest BCUT2D eigenvalue weighted by molar-refractivity contribution is -0.143. The van der Waals surface area contributed by atoms with E-state index in [0.29, 0.717) is 149 Å². The van der Waals surface area contributed by atoms with Gasteiger partial charge in [0, 0.05) is 81.1 Å². The summed E-state index contributed by atoms with van der Waals surface area (Å²) in [7, 11) is 0. The predicted molar refractivity (Wildman–Crippen MR) is 344 cm³/mol. The number of H-pyrrole nitrogens is 1. The van der Waals surface area contributed by atoms with Crippen LogP contribution in [0, 0.1) is 0 Å². The second-order valence-corrected chi connectivity index (χ2v) is 19.6. The highest BCUT2D eigenvalue weighted by Crippen LogP contribution is 2.32. The lowest BCUT2D eigenvalue weighted by Crippen LogP contribution is -2.29. The zero-order chi connectivity index (χ0) is 59.7. The summed E-state index contributed by atoms with van der Waals surface area (Å²) in [5.74, 6) is 1.53. The van der Waals surface area contributed by atoms with Gasteiger partial charge in [-0.1, -0.05) is 62.4 Å². The Morgan fingerprint density at radius 3 is 1.85 bits per heavy atom. The van der Waals surface area contributed by atoms with Crippen LogP contribution < -0.4 is 37.9 Å². The molecular weight excluding hydrogens is 1310 g/mol. The summed E-state index contributed by atoms with van der Waals surface area (Å²) in [6.45, 7) is 7.86. The van der Waals surface area contributed by atoms with Crippen LogP contribution in [0.1, 0.15) is 109 Å². The van der Waals surface area contributed by atoms with Gasteiger partial charge in [0.2, 0.25) is 5.91 Å². The number of amides is 1. The van der Waals surface area contributed by atoms with Gasteiger partial charge < -0.3 is 35.7 Å². The van der Waals surface area contributed by atoms with E-state index in [1.165, 1.54) is 12.7 Å². The highest BCUT2D eigenvalue weighted by Gasteiger charge is 2.27. The number of imidazole rings is 2. The van der Waals surface area contributed by atoms with Crippen LogP contribution in [0.25, 0.3) is 55.5 Å². The van der Waals surface area contributed by atoms with Crippen LogP contribution in [0.2, 0.25) is 0 Å². The number of carbonyl (C=O) groups excluding carboxylic acids is 2. The molecule has 1 saturated heterocycles. The van der Waals surface area contributed by atoms with Crippen LogP contribution in [0.4, 0.5) is 23.0 Å². The molecule has 26 heteroatoms. The van der Waals surface area contributed by atoms with Crippen molar-refractivity contribution in [3.63, 3.8) is 0 Å². The van der Waals surface area contributed by atoms with Crippen LogP contribution in [-0.2, 0) is 19.1 Å². The number of aromatic amines is 1. The summed E-state index contributed by atoms with van der Waals surface area (Å²) in [5, 5.41) is 23.2. The number of hydroxylamine groups is 1. The lowest BCUT2D eigenvalue weighted by atomic mass is 10.1. The van der Waals surface area contributed by atoms with Crippen molar-refractivity contribution in [2.24, 2.45) is 0 Å². The Kier molecular flexibility index (Phi) is 21.7. The molecule has 11 rings (SSSR count). The Bertz CT molecular complexity index is 3990. The first kappa shape index (κ1) is 61.3. The number of carbonyl (C=O) groups is 2. The Hall–Kier alpha value is -8.22. The fourth-order valence-electron chi connectivity index (χ4n) is 10.1. The first-order chi connectivity index (χ1) is 41.7. The number of nitrogens with one attached hydrogen (secondary N) is 6. The van der Waals surface area contributed by atoms with E-state index in [1.807, 2.05) is 115 Å². The van der Waals surface area contributed by atoms with E-state index in [4.69, 9.17) is 24.6 Å². The molecule has 1 aliphatic heterocycles. The molecule has 24 nitrogen and oxygen atoms in total. The van der Waals surface area contributed by atoms with Crippen molar-refractivity contribution in [3.05, 3.63) is 155 Å². The summed E-state index contributed by atoms with van der Waals surface area (Å²) in [5.41, 5.74) is 7.55. The molecule has 1 unspecified atom stereocenters. The zero-order valence-corrected chi connectivity index (χ0v) is 51.4. The molecular formula is C59H65I2N17O7. The maximum atomic E-state index is 14.4. The number of para-hydroxylation sites is 2. The smallest absolute Gasteiger partial charge is 0.305 e. The number of nitrogens with zero attached hydrogens (tertiary/aromatic N) is 11. The van der Waals surface area contributed by atoms with Gasteiger partial charge in [0.1, 0.15) is 36.0 Å². The summed E-state index contributed by atoms with van der Waals surface area (Å²) in [6.07, 6.45) is 12.0. The van der Waals surface area contributed by atoms with Crippen molar-refractivity contribution < 1.29 is 24.3 Å². The minimum atomic E-state index is -0.461. The minimum Gasteiger partial charge on any atom is -0.466 e. The Balaban J connectivity index is 0.000000200. The average Bonchev–Trinajstić information content (AvgIpc) is 2.06. The van der Waals surface area contributed by atoms with E-state index in [2.05, 4.69) is 93.4 Å². The third kappa shape index (κ3) is 14.3. The molecule has 6 aromatic heterocycles. The summed E-state index contributed by atoms with van der Waals surface area (Å²) in [6, 6.07) is 29.2. The molecule has 0 saturated carbocycles. The molecule has 10 aromatic rings. The zero-order valence-electron chi connectivity index (χ0n) is 47.0. The molecule has 85 heavy (non-hydrogen) atoms. The van der Waals surface area contributed by atoms with Crippen molar-refractivity contribution in [2.75, 3.05) is 47.6 Å². The number of benzene rings is 4. The van der Waals surface area contributed by atoms with Gasteiger partial charge in [-0.3, -0.25) is 38.1 Å². The Morgan fingerprint density at radius 1 is 0.706 bits per heavy atom. The number of esters is 1. The number of halogens is 2. The normalized spacial score (nSPS) is 13.7. The minimum absolute atomic E-state index is 0.105. The van der Waals surface area contributed by atoms with Crippen LogP contribution in [0.5, 0.6) is 0 Å². The van der Waals surface area contributed by atoms with E-state index < -0.39 is 5.91 Å². The van der Waals surface area contributed by atoms with Gasteiger partial charge in [0.15, 0.2) is 28.4 Å². The number of fused-ring (bicyclic) bond motifs is 4. The van der Waals surface area contributed by atoms with Crippen LogP contribution in [0.3, 0.4) is 0 Å². The first-order valence-corrected chi connectivity index (χ1v) is 34.4. The Morgan fingerprint density at radius 2 is 1.28 bits per heavy atom. The molecule has 0 spiro atoms. The van der Waals surface area contributed by atoms with Gasteiger partial charge in [-0.25, -0.2) is 45.4 Å². The maximum Gasteiger partial charge on any atom is 0.305 e. The predicted octanol–water partition coefficient (Wildman–Crippen LogP) is 10.6. The topological polar surface area (TPSA) is 301 Å². The number of aromatic nitrogens is 12. The third-order valence-corrected chi connectivity index (χ3v) is 14.2. The van der Waals surface area contributed by atoms with E-state index in [1.54, 1.807) is 34.2 Å². The maximum absolute atomic E-state index is 14.4. The standard InChI is InChI=1S/C33H38N8O4.C26H27N9O3.I2/c1-3-23(38-30-29-32(36-20-35-30)40(21-37-29)26-16-8-9-19-45-26)31-39-25-15-10-14-24(34-18-11-17-27(42)44-4-2)28(25)33(43)41(31)22-12-6-5-7-13-22;1-2-17(32-24-22-23(29-14-28-22)30-15-31-24)25-33-19-11-6-10-18(27-13-7-12-20(36)34-38)21(19)26(37)35(25)16-8-4-3-5-9-16;1-2/h5-7,10,12-15,20-21,23,26,34H,3-4,8-9,11,16-19H2,1-2H3,(H,35,36,38);3-6,8-11,14-15,17,27,38H,2,7,12-13H2,1H3,(H,34,36)(H2,28,29,30,31,32);/t23-,26?;17-;/m00./s1. The quantitative estimate of drug-likeness (QED) is 0.0109. The van der Waals surface area contributed by atoms with Crippen LogP contribution in [-0.4, -0.2) is 102 Å². The molecule has 1 fully saturated rings. The van der Waals surface area contributed by atoms with Crippen molar-refractivity contribution in [3.8, 4) is 11.4 Å². The summed E-state index contributed by atoms with van der Waals surface area (Å²) < 4.78 is 16.3. The molecule has 7 heterocycles. The number of rotatable bonds is 22. The van der Waals surface area contributed by atoms with Crippen molar-refractivity contribution >= 4 is 116 Å². The van der Waals surface area contributed by atoms with Gasteiger partial charge in [0.25, 0.3) is 11.1 Å². The molecule has 3 atom stereocenters. The van der Waals surface area contributed by atoms with Crippen molar-refractivity contribution in [1.29, 1.82) is 0 Å². The fourth-order valence-corrected chi connectivity index (χ4v) is 10.1. The Labute approximate surface area is 511 Å². The van der Waals surface area contributed by atoms with E-state index >= 15 is 0 Å². The number of ether oxygens (including phenoxy) is 2. The molecule has 442 valence electrons. The molecule has 0 aliphatic carbocycles. The van der Waals surface area contributed by atoms with E-state index in [0.717, 1.165) is 19.3 Å². The van der Waals surface area contributed by atoms with Gasteiger partial charge in [-0.05, 0) is 100 Å². The van der Waals surface area contributed by atoms with Crippen LogP contribution >= 0.6 is 37.2 Å².